The van der Waals surface area contributed by atoms with Crippen LogP contribution < -0.4 is 5.32 Å². The maximum atomic E-state index is 12.6. The molecule has 7 heteroatoms. The molecule has 0 aromatic heterocycles. The molecule has 0 saturated carbocycles. The van der Waals surface area contributed by atoms with Crippen molar-refractivity contribution in [3.8, 4) is 0 Å². The first-order valence-corrected chi connectivity index (χ1v) is 9.64. The zero-order chi connectivity index (χ0) is 19.8. The van der Waals surface area contributed by atoms with Crippen molar-refractivity contribution in [2.45, 2.75) is 39.5 Å². The van der Waals surface area contributed by atoms with E-state index < -0.39 is 11.9 Å². The smallest absolute Gasteiger partial charge is 0.321 e. The molecule has 1 aromatic carbocycles. The molecule has 0 radical (unpaired) electrons. The number of piperidine rings is 1. The number of amides is 3. The summed E-state index contributed by atoms with van der Waals surface area (Å²) in [5.41, 5.74) is 1.19. The van der Waals surface area contributed by atoms with Gasteiger partial charge in [-0.1, -0.05) is 13.8 Å². The van der Waals surface area contributed by atoms with Gasteiger partial charge in [-0.25, -0.2) is 4.79 Å². The molecule has 2 rings (SSSR count). The summed E-state index contributed by atoms with van der Waals surface area (Å²) in [5.74, 6) is -1.37. The summed E-state index contributed by atoms with van der Waals surface area (Å²) >= 11 is 0. The third-order valence-corrected chi connectivity index (χ3v) is 4.72. The van der Waals surface area contributed by atoms with Gasteiger partial charge in [0, 0.05) is 37.4 Å². The summed E-state index contributed by atoms with van der Waals surface area (Å²) in [4.78, 5) is 39.5. The first-order valence-electron chi connectivity index (χ1n) is 9.64. The summed E-state index contributed by atoms with van der Waals surface area (Å²) in [6, 6.07) is 6.54. The van der Waals surface area contributed by atoms with Crippen LogP contribution in [0.2, 0.25) is 0 Å². The highest BCUT2D eigenvalue weighted by atomic mass is 16.4. The predicted molar refractivity (Wildman–Crippen MR) is 104 cm³/mol. The molecule has 3 amide bonds. The largest absolute Gasteiger partial charge is 0.481 e. The Morgan fingerprint density at radius 2 is 1.78 bits per heavy atom. The van der Waals surface area contributed by atoms with Gasteiger partial charge in [-0.05, 0) is 49.9 Å². The van der Waals surface area contributed by atoms with E-state index in [9.17, 15) is 14.4 Å². The minimum Gasteiger partial charge on any atom is -0.481 e. The highest BCUT2D eigenvalue weighted by Gasteiger charge is 2.28. The normalized spacial score (nSPS) is 16.7. The first kappa shape index (κ1) is 20.7. The molecule has 1 aliphatic heterocycles. The minimum absolute atomic E-state index is 0.00286. The Bertz CT molecular complexity index is 654. The van der Waals surface area contributed by atoms with Gasteiger partial charge in [-0.3, -0.25) is 9.59 Å². The van der Waals surface area contributed by atoms with Crippen molar-refractivity contribution in [3.05, 3.63) is 29.8 Å². The van der Waals surface area contributed by atoms with Crippen LogP contribution in [0.3, 0.4) is 0 Å². The lowest BCUT2D eigenvalue weighted by molar-refractivity contribution is -0.143. The fourth-order valence-electron chi connectivity index (χ4n) is 3.30. The Labute approximate surface area is 160 Å². The number of nitrogens with zero attached hydrogens (tertiary/aromatic N) is 2. The van der Waals surface area contributed by atoms with Crippen molar-refractivity contribution in [2.75, 3.05) is 31.5 Å². The number of carboxylic acids is 1. The summed E-state index contributed by atoms with van der Waals surface area (Å²) in [6.07, 6.45) is 3.10. The Kier molecular flexibility index (Phi) is 7.64. The Hall–Kier alpha value is -2.57. The van der Waals surface area contributed by atoms with Crippen molar-refractivity contribution < 1.29 is 19.5 Å². The number of carbonyl (C=O) groups excluding carboxylic acids is 2. The van der Waals surface area contributed by atoms with Gasteiger partial charge < -0.3 is 20.2 Å². The SMILES string of the molecule is CCCN(CCC)C(=O)c1ccc(NC(=O)N2CCCC(C(=O)O)C2)cc1. The van der Waals surface area contributed by atoms with Crippen molar-refractivity contribution in [1.29, 1.82) is 0 Å². The van der Waals surface area contributed by atoms with Gasteiger partial charge in [0.2, 0.25) is 0 Å². The number of rotatable bonds is 7. The van der Waals surface area contributed by atoms with Gasteiger partial charge >= 0.3 is 12.0 Å². The number of urea groups is 1. The molecule has 148 valence electrons. The molecule has 1 heterocycles. The standard InChI is InChI=1S/C20H29N3O4/c1-3-11-22(12-4-2)18(24)15-7-9-17(10-8-15)21-20(27)23-13-5-6-16(14-23)19(25)26/h7-10,16H,3-6,11-14H2,1-2H3,(H,21,27)(H,25,26). The minimum atomic E-state index is -0.862. The van der Waals surface area contributed by atoms with Crippen LogP contribution >= 0.6 is 0 Å². The Morgan fingerprint density at radius 1 is 1.15 bits per heavy atom. The molecule has 1 aromatic rings. The van der Waals surface area contributed by atoms with Crippen molar-refractivity contribution >= 4 is 23.6 Å². The maximum Gasteiger partial charge on any atom is 0.321 e. The van der Waals surface area contributed by atoms with Gasteiger partial charge in [-0.2, -0.15) is 0 Å². The van der Waals surface area contributed by atoms with E-state index in [1.165, 1.54) is 4.90 Å². The fraction of sp³-hybridized carbons (Fsp3) is 0.550. The van der Waals surface area contributed by atoms with Gasteiger partial charge in [0.1, 0.15) is 0 Å². The van der Waals surface area contributed by atoms with Crippen molar-refractivity contribution in [2.24, 2.45) is 5.92 Å². The van der Waals surface area contributed by atoms with Crippen LogP contribution in [-0.4, -0.2) is 59.0 Å². The number of likely N-dealkylation sites (tertiary alicyclic amines) is 1. The highest BCUT2D eigenvalue weighted by Crippen LogP contribution is 2.18. The summed E-state index contributed by atoms with van der Waals surface area (Å²) in [6.45, 7) is 6.32. The molecule has 1 fully saturated rings. The van der Waals surface area contributed by atoms with Gasteiger partial charge in [-0.15, -0.1) is 0 Å². The van der Waals surface area contributed by atoms with E-state index in [0.29, 0.717) is 30.6 Å². The van der Waals surface area contributed by atoms with Gasteiger partial charge in [0.15, 0.2) is 0 Å². The average molecular weight is 375 g/mol. The average Bonchev–Trinajstić information content (AvgIpc) is 2.68. The van der Waals surface area contributed by atoms with Crippen molar-refractivity contribution in [3.63, 3.8) is 0 Å². The molecular weight excluding hydrogens is 346 g/mol. The predicted octanol–water partition coefficient (Wildman–Crippen LogP) is 3.28. The lowest BCUT2D eigenvalue weighted by atomic mass is 9.99. The Morgan fingerprint density at radius 3 is 2.33 bits per heavy atom. The molecule has 2 N–H and O–H groups in total. The summed E-state index contributed by atoms with van der Waals surface area (Å²) in [5, 5.41) is 11.9. The van der Waals surface area contributed by atoms with Crippen LogP contribution in [0.15, 0.2) is 24.3 Å². The van der Waals surface area contributed by atoms with E-state index >= 15 is 0 Å². The molecule has 7 nitrogen and oxygen atoms in total. The number of aliphatic carboxylic acids is 1. The molecule has 1 aliphatic rings. The molecule has 0 aliphatic carbocycles. The third kappa shape index (κ3) is 5.70. The first-order chi connectivity index (χ1) is 13.0. The summed E-state index contributed by atoms with van der Waals surface area (Å²) in [7, 11) is 0. The van der Waals surface area contributed by atoms with Crippen LogP contribution in [-0.2, 0) is 4.79 Å². The number of hydrogen-bond donors (Lipinski definition) is 2. The lowest BCUT2D eigenvalue weighted by Gasteiger charge is -2.30. The van der Waals surface area contributed by atoms with Gasteiger partial charge in [0.05, 0.1) is 5.92 Å². The van der Waals surface area contributed by atoms with E-state index in [0.717, 1.165) is 25.9 Å². The van der Waals surface area contributed by atoms with Crippen LogP contribution in [0.25, 0.3) is 0 Å². The van der Waals surface area contributed by atoms with Crippen LogP contribution in [0.1, 0.15) is 49.9 Å². The van der Waals surface area contributed by atoms with Crippen LogP contribution in [0, 0.1) is 5.92 Å². The zero-order valence-electron chi connectivity index (χ0n) is 16.1. The van der Waals surface area contributed by atoms with Crippen LogP contribution in [0.4, 0.5) is 10.5 Å². The monoisotopic (exact) mass is 375 g/mol. The second-order valence-corrected chi connectivity index (χ2v) is 6.92. The molecular formula is C20H29N3O4. The summed E-state index contributed by atoms with van der Waals surface area (Å²) < 4.78 is 0. The molecule has 0 bridgehead atoms. The van der Waals surface area contributed by atoms with E-state index in [4.69, 9.17) is 5.11 Å². The second-order valence-electron chi connectivity index (χ2n) is 6.92. The zero-order valence-corrected chi connectivity index (χ0v) is 16.1. The van der Waals surface area contributed by atoms with Crippen LogP contribution in [0.5, 0.6) is 0 Å². The Balaban J connectivity index is 1.97. The molecule has 0 spiro atoms. The molecule has 1 unspecified atom stereocenters. The number of benzene rings is 1. The number of nitrogens with one attached hydrogen (secondary N) is 1. The lowest BCUT2D eigenvalue weighted by Crippen LogP contribution is -2.44. The molecule has 27 heavy (non-hydrogen) atoms. The number of anilines is 1. The topological polar surface area (TPSA) is 90.0 Å². The van der Waals surface area contributed by atoms with E-state index in [1.807, 2.05) is 18.7 Å². The quantitative estimate of drug-likeness (QED) is 0.765. The third-order valence-electron chi connectivity index (χ3n) is 4.72. The maximum absolute atomic E-state index is 12.6. The van der Waals surface area contributed by atoms with E-state index in [1.54, 1.807) is 24.3 Å². The highest BCUT2D eigenvalue weighted by molar-refractivity contribution is 5.95. The van der Waals surface area contributed by atoms with E-state index in [2.05, 4.69) is 5.32 Å². The molecule has 1 saturated heterocycles. The fourth-order valence-corrected chi connectivity index (χ4v) is 3.30. The van der Waals surface area contributed by atoms with Gasteiger partial charge in [0.25, 0.3) is 5.91 Å². The van der Waals surface area contributed by atoms with E-state index in [-0.39, 0.29) is 18.5 Å². The number of carboxylic acid groups (broad SMARTS) is 1. The number of hydrogen-bond acceptors (Lipinski definition) is 3. The second kappa shape index (κ2) is 9.94. The number of carbonyl (C=O) groups is 3. The molecule has 1 atom stereocenters. The van der Waals surface area contributed by atoms with Crippen molar-refractivity contribution in [1.82, 2.24) is 9.80 Å².